The molecule has 0 amide bonds. The van der Waals surface area contributed by atoms with Crippen molar-refractivity contribution in [1.82, 2.24) is 9.88 Å². The third kappa shape index (κ3) is 7.88. The molecule has 1 fully saturated rings. The molecule has 1 aromatic heterocycles. The van der Waals surface area contributed by atoms with Crippen LogP contribution in [0.3, 0.4) is 0 Å². The summed E-state index contributed by atoms with van der Waals surface area (Å²) in [4.78, 5) is 18.3. The maximum Gasteiger partial charge on any atom is 0.303 e. The Morgan fingerprint density at radius 2 is 2.05 bits per heavy atom. The Kier molecular flexibility index (Phi) is 10.5. The molecule has 2 heterocycles. The first-order valence-corrected chi connectivity index (χ1v) is 14.4. The Morgan fingerprint density at radius 1 is 1.21 bits per heavy atom. The van der Waals surface area contributed by atoms with Gasteiger partial charge in [-0.15, -0.1) is 11.8 Å². The highest BCUT2D eigenvalue weighted by Crippen LogP contribution is 2.37. The Morgan fingerprint density at radius 3 is 2.85 bits per heavy atom. The van der Waals surface area contributed by atoms with Crippen LogP contribution in [0.5, 0.6) is 5.75 Å². The highest BCUT2D eigenvalue weighted by Gasteiger charge is 2.30. The van der Waals surface area contributed by atoms with Gasteiger partial charge in [0.2, 0.25) is 0 Å². The Bertz CT molecular complexity index is 1260. The Balaban J connectivity index is 1.32. The summed E-state index contributed by atoms with van der Waals surface area (Å²) in [5.74, 6) is -0.724. The normalized spacial score (nSPS) is 18.8. The van der Waals surface area contributed by atoms with Gasteiger partial charge in [-0.3, -0.25) is 9.78 Å². The zero-order valence-electron chi connectivity index (χ0n) is 22.1. The summed E-state index contributed by atoms with van der Waals surface area (Å²) < 4.78 is 48.2. The molecule has 2 aromatic carbocycles. The highest BCUT2D eigenvalue weighted by atomic mass is 32.2. The third-order valence-electron chi connectivity index (χ3n) is 7.61. The smallest absolute Gasteiger partial charge is 0.303 e. The van der Waals surface area contributed by atoms with E-state index in [0.29, 0.717) is 41.2 Å². The molecule has 2 unspecified atom stereocenters. The van der Waals surface area contributed by atoms with E-state index in [2.05, 4.69) is 9.88 Å². The van der Waals surface area contributed by atoms with E-state index in [0.717, 1.165) is 49.4 Å². The molecule has 9 heteroatoms. The summed E-state index contributed by atoms with van der Waals surface area (Å²) in [5.41, 5.74) is 1.33. The lowest BCUT2D eigenvalue weighted by Gasteiger charge is -2.39. The van der Waals surface area contributed by atoms with E-state index in [1.54, 1.807) is 25.4 Å². The third-order valence-corrected chi connectivity index (χ3v) is 8.73. The number of thioether (sulfide) groups is 1. The molecule has 210 valence electrons. The number of aromatic nitrogens is 1. The number of rotatable bonds is 13. The molecular formula is C30H35F3N2O3S. The molecule has 0 saturated carbocycles. The van der Waals surface area contributed by atoms with Gasteiger partial charge in [-0.05, 0) is 105 Å². The molecule has 0 aliphatic carbocycles. The van der Waals surface area contributed by atoms with Gasteiger partial charge < -0.3 is 14.7 Å². The average molecular weight is 561 g/mol. The lowest BCUT2D eigenvalue weighted by Crippen LogP contribution is -2.41. The second kappa shape index (κ2) is 14.0. The van der Waals surface area contributed by atoms with E-state index >= 15 is 4.39 Å². The van der Waals surface area contributed by atoms with Crippen LogP contribution in [0.2, 0.25) is 0 Å². The number of alkyl halides is 1. The van der Waals surface area contributed by atoms with E-state index in [-0.39, 0.29) is 18.3 Å². The fourth-order valence-electron chi connectivity index (χ4n) is 5.50. The van der Waals surface area contributed by atoms with Gasteiger partial charge in [0.25, 0.3) is 0 Å². The molecule has 1 aliphatic rings. The van der Waals surface area contributed by atoms with Gasteiger partial charge in [-0.2, -0.15) is 0 Å². The van der Waals surface area contributed by atoms with Gasteiger partial charge in [-0.25, -0.2) is 13.2 Å². The number of carbonyl (C=O) groups is 1. The summed E-state index contributed by atoms with van der Waals surface area (Å²) >= 11 is 1.30. The first kappa shape index (κ1) is 29.2. The number of piperidine rings is 1. The maximum absolute atomic E-state index is 15.5. The number of ether oxygens (including phenoxy) is 1. The Labute approximate surface area is 231 Å². The van der Waals surface area contributed by atoms with Crippen LogP contribution in [-0.4, -0.2) is 53.5 Å². The van der Waals surface area contributed by atoms with Crippen LogP contribution in [0.4, 0.5) is 13.2 Å². The van der Waals surface area contributed by atoms with Crippen molar-refractivity contribution in [2.45, 2.75) is 49.6 Å². The molecule has 39 heavy (non-hydrogen) atoms. The average Bonchev–Trinajstić information content (AvgIpc) is 2.94. The standard InChI is InChI=1S/C30H35F3N2O3S/c1-38-22-8-10-27-24(18-22)23(12-14-34-27)25(31)9-6-20-13-16-35(19-21(20)7-11-29(36)37)15-3-17-39-28-5-2-4-26(32)30(28)33/h2,4-5,8,10,12,14,18,20-21,25H,3,6-7,9,11,13,15-17,19H2,1H3,(H,36,37)/t20?,21?,25-/m0/s1. The van der Waals surface area contributed by atoms with E-state index in [1.165, 1.54) is 17.8 Å². The van der Waals surface area contributed by atoms with Crippen molar-refractivity contribution in [2.75, 3.05) is 32.5 Å². The number of carboxylic acid groups (broad SMARTS) is 1. The van der Waals surface area contributed by atoms with E-state index in [9.17, 15) is 18.7 Å². The van der Waals surface area contributed by atoms with Gasteiger partial charge in [0.1, 0.15) is 11.9 Å². The highest BCUT2D eigenvalue weighted by molar-refractivity contribution is 7.99. The first-order valence-electron chi connectivity index (χ1n) is 13.4. The largest absolute Gasteiger partial charge is 0.497 e. The first-order chi connectivity index (χ1) is 18.9. The number of likely N-dealkylation sites (tertiary alicyclic amines) is 1. The molecule has 3 aromatic rings. The predicted molar refractivity (Wildman–Crippen MR) is 148 cm³/mol. The molecule has 5 nitrogen and oxygen atoms in total. The summed E-state index contributed by atoms with van der Waals surface area (Å²) in [6.07, 6.45) is 3.87. The fourth-order valence-corrected chi connectivity index (χ4v) is 6.40. The zero-order chi connectivity index (χ0) is 27.8. The summed E-state index contributed by atoms with van der Waals surface area (Å²) in [5, 5.41) is 10.0. The predicted octanol–water partition coefficient (Wildman–Crippen LogP) is 7.30. The Hall–Kier alpha value is -2.78. The number of fused-ring (bicyclic) bond motifs is 1. The van der Waals surface area contributed by atoms with Crippen LogP contribution >= 0.6 is 11.8 Å². The van der Waals surface area contributed by atoms with Gasteiger partial charge in [0.15, 0.2) is 11.6 Å². The summed E-state index contributed by atoms with van der Waals surface area (Å²) in [7, 11) is 1.58. The minimum absolute atomic E-state index is 0.0948. The van der Waals surface area contributed by atoms with Crippen molar-refractivity contribution < 1.29 is 27.8 Å². The van der Waals surface area contributed by atoms with Crippen LogP contribution in [0.15, 0.2) is 53.6 Å². The van der Waals surface area contributed by atoms with Crippen LogP contribution in [0.1, 0.15) is 50.3 Å². The van der Waals surface area contributed by atoms with E-state index < -0.39 is 23.8 Å². The van der Waals surface area contributed by atoms with Crippen LogP contribution in [0, 0.1) is 23.5 Å². The molecular weight excluding hydrogens is 525 g/mol. The quantitative estimate of drug-likeness (QED) is 0.175. The molecule has 1 aliphatic heterocycles. The van der Waals surface area contributed by atoms with Crippen LogP contribution in [0.25, 0.3) is 10.9 Å². The molecule has 0 spiro atoms. The lowest BCUT2D eigenvalue weighted by molar-refractivity contribution is -0.137. The maximum atomic E-state index is 15.5. The van der Waals surface area contributed by atoms with E-state index in [1.807, 2.05) is 18.2 Å². The van der Waals surface area contributed by atoms with Crippen molar-refractivity contribution in [3.05, 3.63) is 65.9 Å². The number of halogens is 3. The number of nitrogens with zero attached hydrogens (tertiary/aromatic N) is 2. The van der Waals surface area contributed by atoms with Crippen molar-refractivity contribution in [3.63, 3.8) is 0 Å². The van der Waals surface area contributed by atoms with Crippen molar-refractivity contribution in [2.24, 2.45) is 11.8 Å². The fraction of sp³-hybridized carbons (Fsp3) is 0.467. The second-order valence-corrected chi connectivity index (χ2v) is 11.3. The van der Waals surface area contributed by atoms with Crippen LogP contribution in [-0.2, 0) is 4.79 Å². The number of hydrogen-bond acceptors (Lipinski definition) is 5. The number of benzene rings is 2. The van der Waals surface area contributed by atoms with Gasteiger partial charge >= 0.3 is 5.97 Å². The van der Waals surface area contributed by atoms with Gasteiger partial charge in [0, 0.05) is 29.4 Å². The minimum atomic E-state index is -1.15. The number of aliphatic carboxylic acids is 1. The van der Waals surface area contributed by atoms with Crippen molar-refractivity contribution in [3.8, 4) is 5.75 Å². The SMILES string of the molecule is COc1ccc2nccc([C@@H](F)CCC3CCN(CCCSc4cccc(F)c4F)CC3CCC(=O)O)c2c1. The second-order valence-electron chi connectivity index (χ2n) is 10.1. The molecule has 0 radical (unpaired) electrons. The molecule has 1 N–H and O–H groups in total. The van der Waals surface area contributed by atoms with E-state index in [4.69, 9.17) is 4.74 Å². The summed E-state index contributed by atoms with van der Waals surface area (Å²) in [6.45, 7) is 2.43. The number of carboxylic acids is 1. The topological polar surface area (TPSA) is 62.7 Å². The van der Waals surface area contributed by atoms with Gasteiger partial charge in [0.05, 0.1) is 12.6 Å². The molecule has 1 saturated heterocycles. The van der Waals surface area contributed by atoms with Crippen molar-refractivity contribution >= 4 is 28.6 Å². The monoisotopic (exact) mass is 560 g/mol. The van der Waals surface area contributed by atoms with Crippen molar-refractivity contribution in [1.29, 1.82) is 0 Å². The zero-order valence-corrected chi connectivity index (χ0v) is 22.9. The van der Waals surface area contributed by atoms with Crippen LogP contribution < -0.4 is 4.74 Å². The number of pyridine rings is 1. The minimum Gasteiger partial charge on any atom is -0.497 e. The molecule has 4 rings (SSSR count). The van der Waals surface area contributed by atoms with Gasteiger partial charge in [-0.1, -0.05) is 6.07 Å². The molecule has 0 bridgehead atoms. The summed E-state index contributed by atoms with van der Waals surface area (Å²) in [6, 6.07) is 11.4. The lowest BCUT2D eigenvalue weighted by atomic mass is 9.79. The molecule has 3 atom stereocenters. The number of methoxy groups -OCH3 is 1. The number of hydrogen-bond donors (Lipinski definition) is 1.